The molecule has 0 aromatic carbocycles. The van der Waals surface area contributed by atoms with E-state index in [0.717, 1.165) is 30.1 Å². The van der Waals surface area contributed by atoms with Gasteiger partial charge in [-0.3, -0.25) is 4.79 Å². The van der Waals surface area contributed by atoms with E-state index in [1.165, 1.54) is 0 Å². The molecule has 1 aliphatic heterocycles. The Hall–Kier alpha value is -1.82. The van der Waals surface area contributed by atoms with E-state index in [2.05, 4.69) is 20.3 Å². The zero-order chi connectivity index (χ0) is 13.9. The van der Waals surface area contributed by atoms with E-state index in [1.807, 2.05) is 11.8 Å². The van der Waals surface area contributed by atoms with Crippen LogP contribution in [0, 0.1) is 6.92 Å². The van der Waals surface area contributed by atoms with E-state index in [0.29, 0.717) is 12.5 Å². The van der Waals surface area contributed by atoms with Gasteiger partial charge in [-0.2, -0.15) is 0 Å². The fourth-order valence-electron chi connectivity index (χ4n) is 2.47. The molecule has 0 unspecified atom stereocenters. The number of carbonyl (C=O) groups is 1. The monoisotopic (exact) mass is 288 g/mol. The zero-order valence-corrected chi connectivity index (χ0v) is 12.1. The first-order valence-corrected chi connectivity index (χ1v) is 7.60. The van der Waals surface area contributed by atoms with Crippen molar-refractivity contribution in [2.75, 3.05) is 13.1 Å². The number of aromatic nitrogens is 3. The molecule has 0 N–H and O–H groups in total. The van der Waals surface area contributed by atoms with Gasteiger partial charge >= 0.3 is 0 Å². The third kappa shape index (κ3) is 2.70. The highest BCUT2D eigenvalue weighted by Crippen LogP contribution is 2.29. The minimum absolute atomic E-state index is 0.0800. The van der Waals surface area contributed by atoms with Crippen LogP contribution in [0.1, 0.15) is 40.1 Å². The second-order valence-corrected chi connectivity index (χ2v) is 5.88. The molecule has 0 spiro atoms. The summed E-state index contributed by atoms with van der Waals surface area (Å²) in [5, 5.41) is 3.20. The van der Waals surface area contributed by atoms with Crippen molar-refractivity contribution in [3.8, 4) is 0 Å². The maximum atomic E-state index is 12.4. The first kappa shape index (κ1) is 13.2. The van der Waals surface area contributed by atoms with E-state index in [4.69, 9.17) is 0 Å². The van der Waals surface area contributed by atoms with Crippen molar-refractivity contribution in [2.24, 2.45) is 0 Å². The average molecular weight is 288 g/mol. The molecule has 2 aromatic heterocycles. The number of nitrogens with zero attached hydrogens (tertiary/aromatic N) is 4. The summed E-state index contributed by atoms with van der Waals surface area (Å²) >= 11 is 1.69. The molecule has 2 aromatic rings. The third-order valence-electron chi connectivity index (χ3n) is 3.45. The van der Waals surface area contributed by atoms with Crippen LogP contribution < -0.4 is 0 Å². The Kier molecular flexibility index (Phi) is 3.73. The molecule has 0 saturated carbocycles. The minimum atomic E-state index is -0.0800. The lowest BCUT2D eigenvalue weighted by Gasteiger charge is -2.31. The summed E-state index contributed by atoms with van der Waals surface area (Å²) in [6.07, 6.45) is 5.30. The molecule has 6 heteroatoms. The van der Waals surface area contributed by atoms with Gasteiger partial charge in [0.05, 0.1) is 5.01 Å². The molecule has 0 aliphatic carbocycles. The van der Waals surface area contributed by atoms with Crippen molar-refractivity contribution in [2.45, 2.75) is 25.7 Å². The summed E-state index contributed by atoms with van der Waals surface area (Å²) in [4.78, 5) is 26.8. The molecule has 3 heterocycles. The number of piperidine rings is 1. The van der Waals surface area contributed by atoms with Crippen molar-refractivity contribution >= 4 is 17.2 Å². The van der Waals surface area contributed by atoms with Crippen LogP contribution in [0.2, 0.25) is 0 Å². The standard InChI is InChI=1S/C14H16N4OS/c1-10-9-20-13(17-10)11-4-2-7-18(8-11)14(19)12-15-5-3-6-16-12/h3,5-6,9,11H,2,4,7-8H2,1H3/t11-/m1/s1. The molecule has 20 heavy (non-hydrogen) atoms. The molecule has 5 nitrogen and oxygen atoms in total. The first-order valence-electron chi connectivity index (χ1n) is 6.72. The Morgan fingerprint density at radius 2 is 2.20 bits per heavy atom. The van der Waals surface area contributed by atoms with Gasteiger partial charge in [0.2, 0.25) is 5.82 Å². The van der Waals surface area contributed by atoms with Gasteiger partial charge in [-0.05, 0) is 25.8 Å². The molecule has 0 bridgehead atoms. The molecule has 3 rings (SSSR count). The van der Waals surface area contributed by atoms with Gasteiger partial charge in [-0.1, -0.05) is 0 Å². The number of thiazole rings is 1. The van der Waals surface area contributed by atoms with Crippen LogP contribution in [0.15, 0.2) is 23.8 Å². The number of carbonyl (C=O) groups excluding carboxylic acids is 1. The van der Waals surface area contributed by atoms with Crippen molar-refractivity contribution in [3.05, 3.63) is 40.4 Å². The summed E-state index contributed by atoms with van der Waals surface area (Å²) in [5.41, 5.74) is 1.06. The topological polar surface area (TPSA) is 59.0 Å². The van der Waals surface area contributed by atoms with Gasteiger partial charge in [0.25, 0.3) is 5.91 Å². The van der Waals surface area contributed by atoms with Crippen LogP contribution in [0.25, 0.3) is 0 Å². The molecule has 104 valence electrons. The minimum Gasteiger partial charge on any atom is -0.335 e. The van der Waals surface area contributed by atoms with Crippen LogP contribution >= 0.6 is 11.3 Å². The highest BCUT2D eigenvalue weighted by molar-refractivity contribution is 7.09. The van der Waals surface area contributed by atoms with Crippen molar-refractivity contribution in [1.82, 2.24) is 19.9 Å². The highest BCUT2D eigenvalue weighted by Gasteiger charge is 2.28. The van der Waals surface area contributed by atoms with Crippen LogP contribution in [0.5, 0.6) is 0 Å². The summed E-state index contributed by atoms with van der Waals surface area (Å²) in [7, 11) is 0. The molecular formula is C14H16N4OS. The zero-order valence-electron chi connectivity index (χ0n) is 11.3. The fraction of sp³-hybridized carbons (Fsp3) is 0.429. The van der Waals surface area contributed by atoms with Gasteiger partial charge in [0.15, 0.2) is 0 Å². The predicted molar refractivity (Wildman–Crippen MR) is 76.8 cm³/mol. The number of aryl methyl sites for hydroxylation is 1. The molecule has 1 saturated heterocycles. The molecule has 1 atom stereocenters. The summed E-state index contributed by atoms with van der Waals surface area (Å²) < 4.78 is 0. The Bertz CT molecular complexity index is 598. The van der Waals surface area contributed by atoms with Crippen LogP contribution in [-0.2, 0) is 0 Å². The Balaban J connectivity index is 1.74. The Morgan fingerprint density at radius 3 is 2.90 bits per heavy atom. The third-order valence-corrected chi connectivity index (χ3v) is 4.58. The van der Waals surface area contributed by atoms with Gasteiger partial charge < -0.3 is 4.90 Å². The van der Waals surface area contributed by atoms with Gasteiger partial charge in [-0.15, -0.1) is 11.3 Å². The lowest BCUT2D eigenvalue weighted by atomic mass is 9.98. The first-order chi connectivity index (χ1) is 9.74. The summed E-state index contributed by atoms with van der Waals surface area (Å²) in [5.74, 6) is 0.544. The van der Waals surface area contributed by atoms with E-state index < -0.39 is 0 Å². The fourth-order valence-corrected chi connectivity index (χ4v) is 3.40. The number of likely N-dealkylation sites (tertiary alicyclic amines) is 1. The lowest BCUT2D eigenvalue weighted by molar-refractivity contribution is 0.0694. The van der Waals surface area contributed by atoms with E-state index in [9.17, 15) is 4.79 Å². The van der Waals surface area contributed by atoms with E-state index >= 15 is 0 Å². The van der Waals surface area contributed by atoms with E-state index in [1.54, 1.807) is 29.8 Å². The van der Waals surface area contributed by atoms with Crippen molar-refractivity contribution in [1.29, 1.82) is 0 Å². The maximum Gasteiger partial charge on any atom is 0.291 e. The maximum absolute atomic E-state index is 12.4. The lowest BCUT2D eigenvalue weighted by Crippen LogP contribution is -2.39. The van der Waals surface area contributed by atoms with Crippen molar-refractivity contribution < 1.29 is 4.79 Å². The Morgan fingerprint density at radius 1 is 1.40 bits per heavy atom. The second-order valence-electron chi connectivity index (χ2n) is 4.99. The van der Waals surface area contributed by atoms with Crippen molar-refractivity contribution in [3.63, 3.8) is 0 Å². The van der Waals surface area contributed by atoms with Crippen LogP contribution in [-0.4, -0.2) is 38.8 Å². The molecule has 1 amide bonds. The Labute approximate surface area is 121 Å². The summed E-state index contributed by atoms with van der Waals surface area (Å²) in [6.45, 7) is 3.49. The SMILES string of the molecule is Cc1csc([C@@H]2CCCN(C(=O)c3ncccn3)C2)n1. The number of rotatable bonds is 2. The van der Waals surface area contributed by atoms with Gasteiger partial charge in [0.1, 0.15) is 0 Å². The quantitative estimate of drug-likeness (QED) is 0.850. The van der Waals surface area contributed by atoms with Crippen LogP contribution in [0.3, 0.4) is 0 Å². The van der Waals surface area contributed by atoms with Gasteiger partial charge in [-0.25, -0.2) is 15.0 Å². The number of hydrogen-bond donors (Lipinski definition) is 0. The highest BCUT2D eigenvalue weighted by atomic mass is 32.1. The predicted octanol–water partition coefficient (Wildman–Crippen LogP) is 2.26. The average Bonchev–Trinajstić information content (AvgIpc) is 2.94. The molecule has 1 fully saturated rings. The number of hydrogen-bond acceptors (Lipinski definition) is 5. The van der Waals surface area contributed by atoms with Gasteiger partial charge in [0, 0.05) is 42.5 Å². The summed E-state index contributed by atoms with van der Waals surface area (Å²) in [6, 6.07) is 1.72. The molecule has 0 radical (unpaired) electrons. The molecule has 1 aliphatic rings. The van der Waals surface area contributed by atoms with Crippen LogP contribution in [0.4, 0.5) is 0 Å². The second kappa shape index (κ2) is 5.66. The normalized spacial score (nSPS) is 19.1. The smallest absolute Gasteiger partial charge is 0.291 e. The number of amides is 1. The van der Waals surface area contributed by atoms with E-state index in [-0.39, 0.29) is 11.7 Å². The largest absolute Gasteiger partial charge is 0.335 e. The molecular weight excluding hydrogens is 272 g/mol.